The summed E-state index contributed by atoms with van der Waals surface area (Å²) in [6, 6.07) is 15.0. The summed E-state index contributed by atoms with van der Waals surface area (Å²) in [5.74, 6) is 0.747. The topological polar surface area (TPSA) is 49.9 Å². The van der Waals surface area contributed by atoms with Crippen LogP contribution in [0.5, 0.6) is 5.75 Å². The fourth-order valence-electron chi connectivity index (χ4n) is 3.14. The maximum Gasteiger partial charge on any atom is 0.253 e. The Kier molecular flexibility index (Phi) is 6.29. The second kappa shape index (κ2) is 8.86. The fourth-order valence-corrected chi connectivity index (χ4v) is 3.40. The molecule has 0 radical (unpaired) electrons. The van der Waals surface area contributed by atoms with Crippen molar-refractivity contribution in [3.8, 4) is 5.75 Å². The van der Waals surface area contributed by atoms with Crippen LogP contribution >= 0.6 is 15.9 Å². The van der Waals surface area contributed by atoms with Crippen LogP contribution in [0.4, 0.5) is 0 Å². The number of piperazine rings is 1. The molecule has 0 aliphatic carbocycles. The van der Waals surface area contributed by atoms with Gasteiger partial charge in [-0.1, -0.05) is 28.1 Å². The molecule has 0 saturated carbocycles. The molecule has 2 aromatic carbocycles. The minimum Gasteiger partial charge on any atom is -0.497 e. The Morgan fingerprint density at radius 1 is 0.926 bits per heavy atom. The first kappa shape index (κ1) is 19.2. The minimum absolute atomic E-state index is 0.0156. The van der Waals surface area contributed by atoms with Gasteiger partial charge >= 0.3 is 0 Å². The second-order valence-electron chi connectivity index (χ2n) is 6.20. The molecule has 3 rings (SSSR count). The molecule has 0 bridgehead atoms. The number of halogens is 1. The van der Waals surface area contributed by atoms with Crippen LogP contribution in [0.2, 0.25) is 0 Å². The lowest BCUT2D eigenvalue weighted by molar-refractivity contribution is -0.104. The van der Waals surface area contributed by atoms with Crippen molar-refractivity contribution >= 4 is 33.8 Å². The van der Waals surface area contributed by atoms with Crippen molar-refractivity contribution < 1.29 is 14.3 Å². The molecular weight excluding hydrogens is 408 g/mol. The van der Waals surface area contributed by atoms with Gasteiger partial charge in [-0.25, -0.2) is 0 Å². The first-order valence-corrected chi connectivity index (χ1v) is 9.51. The van der Waals surface area contributed by atoms with Crippen molar-refractivity contribution in [1.29, 1.82) is 0 Å². The van der Waals surface area contributed by atoms with Crippen LogP contribution in [-0.2, 0) is 4.79 Å². The Labute approximate surface area is 167 Å². The molecule has 6 heteroatoms. The molecule has 0 aromatic heterocycles. The molecule has 27 heavy (non-hydrogen) atoms. The molecule has 1 heterocycles. The number of methoxy groups -OCH3 is 1. The van der Waals surface area contributed by atoms with Crippen molar-refractivity contribution in [2.45, 2.75) is 0 Å². The Bertz CT molecular complexity index is 824. The van der Waals surface area contributed by atoms with Crippen molar-refractivity contribution in [3.63, 3.8) is 0 Å². The van der Waals surface area contributed by atoms with Crippen LogP contribution < -0.4 is 4.74 Å². The van der Waals surface area contributed by atoms with E-state index in [0.717, 1.165) is 27.8 Å². The first-order valence-electron chi connectivity index (χ1n) is 8.72. The number of nitrogens with zero attached hydrogens (tertiary/aromatic N) is 2. The number of allylic oxidation sites excluding steroid dienone is 1. The predicted octanol–water partition coefficient (Wildman–Crippen LogP) is 3.46. The zero-order chi connectivity index (χ0) is 19.2. The van der Waals surface area contributed by atoms with Crippen molar-refractivity contribution in [2.24, 2.45) is 0 Å². The molecule has 0 atom stereocenters. The number of rotatable bonds is 5. The van der Waals surface area contributed by atoms with E-state index in [-0.39, 0.29) is 5.91 Å². The van der Waals surface area contributed by atoms with Gasteiger partial charge in [0.1, 0.15) is 12.0 Å². The van der Waals surface area contributed by atoms with Gasteiger partial charge < -0.3 is 14.5 Å². The third-order valence-electron chi connectivity index (χ3n) is 4.61. The molecule has 1 fully saturated rings. The third kappa shape index (κ3) is 4.57. The number of benzene rings is 2. The second-order valence-corrected chi connectivity index (χ2v) is 7.12. The van der Waals surface area contributed by atoms with Gasteiger partial charge in [0.05, 0.1) is 7.11 Å². The summed E-state index contributed by atoms with van der Waals surface area (Å²) in [4.78, 5) is 27.8. The van der Waals surface area contributed by atoms with Crippen LogP contribution in [0.3, 0.4) is 0 Å². The van der Waals surface area contributed by atoms with E-state index in [4.69, 9.17) is 4.74 Å². The number of carbonyl (C=O) groups excluding carboxylic acids is 2. The summed E-state index contributed by atoms with van der Waals surface area (Å²) in [5.41, 5.74) is 2.52. The molecule has 1 saturated heterocycles. The number of aldehydes is 1. The highest BCUT2D eigenvalue weighted by atomic mass is 79.9. The van der Waals surface area contributed by atoms with Gasteiger partial charge in [0.15, 0.2) is 0 Å². The summed E-state index contributed by atoms with van der Waals surface area (Å²) in [6.07, 6.45) is 2.40. The zero-order valence-corrected chi connectivity index (χ0v) is 16.7. The summed E-state index contributed by atoms with van der Waals surface area (Å²) in [6.45, 7) is 2.57. The average Bonchev–Trinajstić information content (AvgIpc) is 2.72. The third-order valence-corrected chi connectivity index (χ3v) is 5.14. The number of ether oxygens (including phenoxy) is 1. The summed E-state index contributed by atoms with van der Waals surface area (Å²) < 4.78 is 6.13. The molecule has 1 amide bonds. The van der Waals surface area contributed by atoms with Crippen LogP contribution in [0.1, 0.15) is 15.9 Å². The van der Waals surface area contributed by atoms with Crippen molar-refractivity contribution in [1.82, 2.24) is 9.80 Å². The smallest absolute Gasteiger partial charge is 0.253 e. The maximum atomic E-state index is 12.7. The SMILES string of the molecule is COc1ccc(C(=O)N2CCN(C(=CC=O)c3ccc(Br)cc3)CC2)cc1. The van der Waals surface area contributed by atoms with E-state index in [9.17, 15) is 9.59 Å². The summed E-state index contributed by atoms with van der Waals surface area (Å²) in [7, 11) is 1.60. The Morgan fingerprint density at radius 3 is 2.04 bits per heavy atom. The molecule has 5 nitrogen and oxygen atoms in total. The lowest BCUT2D eigenvalue weighted by atomic mass is 10.1. The minimum atomic E-state index is 0.0156. The first-order chi connectivity index (χ1) is 13.1. The van der Waals surface area contributed by atoms with Gasteiger partial charge in [0, 0.05) is 48.0 Å². The highest BCUT2D eigenvalue weighted by molar-refractivity contribution is 9.10. The van der Waals surface area contributed by atoms with Crippen molar-refractivity contribution in [2.75, 3.05) is 33.3 Å². The van der Waals surface area contributed by atoms with E-state index in [0.29, 0.717) is 31.7 Å². The Balaban J connectivity index is 1.67. The molecule has 0 unspecified atom stereocenters. The van der Waals surface area contributed by atoms with E-state index in [1.54, 1.807) is 37.5 Å². The summed E-state index contributed by atoms with van der Waals surface area (Å²) >= 11 is 3.43. The largest absolute Gasteiger partial charge is 0.497 e. The fraction of sp³-hybridized carbons (Fsp3) is 0.238. The lowest BCUT2D eigenvalue weighted by Crippen LogP contribution is -2.47. The molecule has 0 N–H and O–H groups in total. The van der Waals surface area contributed by atoms with E-state index in [1.165, 1.54) is 0 Å². The standard InChI is InChI=1S/C21H21BrN2O3/c1-27-19-8-4-17(5-9-19)21(26)24-13-11-23(12-14-24)20(10-15-25)16-2-6-18(22)7-3-16/h2-10,15H,11-14H2,1H3. The van der Waals surface area contributed by atoms with Gasteiger partial charge in [-0.2, -0.15) is 0 Å². The van der Waals surface area contributed by atoms with E-state index in [2.05, 4.69) is 20.8 Å². The number of hydrogen-bond donors (Lipinski definition) is 0. The number of carbonyl (C=O) groups is 2. The predicted molar refractivity (Wildman–Crippen MR) is 109 cm³/mol. The van der Waals surface area contributed by atoms with Gasteiger partial charge in [-0.3, -0.25) is 9.59 Å². The number of hydrogen-bond acceptors (Lipinski definition) is 4. The highest BCUT2D eigenvalue weighted by Crippen LogP contribution is 2.23. The molecule has 2 aromatic rings. The van der Waals surface area contributed by atoms with E-state index >= 15 is 0 Å². The Hall–Kier alpha value is -2.60. The van der Waals surface area contributed by atoms with Gasteiger partial charge in [-0.05, 0) is 42.0 Å². The van der Waals surface area contributed by atoms with Gasteiger partial charge in [0.25, 0.3) is 5.91 Å². The van der Waals surface area contributed by atoms with E-state index in [1.807, 2.05) is 29.2 Å². The van der Waals surface area contributed by atoms with Crippen LogP contribution in [-0.4, -0.2) is 55.3 Å². The maximum absolute atomic E-state index is 12.7. The van der Waals surface area contributed by atoms with Crippen LogP contribution in [0.15, 0.2) is 59.1 Å². The molecule has 1 aliphatic rings. The van der Waals surface area contributed by atoms with Crippen LogP contribution in [0, 0.1) is 0 Å². The number of amides is 1. The van der Waals surface area contributed by atoms with Crippen LogP contribution in [0.25, 0.3) is 5.70 Å². The Morgan fingerprint density at radius 2 is 1.48 bits per heavy atom. The lowest BCUT2D eigenvalue weighted by Gasteiger charge is -2.37. The van der Waals surface area contributed by atoms with Gasteiger partial charge in [-0.15, -0.1) is 0 Å². The zero-order valence-electron chi connectivity index (χ0n) is 15.1. The highest BCUT2D eigenvalue weighted by Gasteiger charge is 2.23. The molecular formula is C21H21BrN2O3. The monoisotopic (exact) mass is 428 g/mol. The molecule has 140 valence electrons. The molecule has 0 spiro atoms. The quantitative estimate of drug-likeness (QED) is 0.540. The van der Waals surface area contributed by atoms with Gasteiger partial charge in [0.2, 0.25) is 0 Å². The molecule has 1 aliphatic heterocycles. The normalized spacial score (nSPS) is 14.8. The average molecular weight is 429 g/mol. The summed E-state index contributed by atoms with van der Waals surface area (Å²) in [5, 5.41) is 0. The van der Waals surface area contributed by atoms with E-state index < -0.39 is 0 Å². The van der Waals surface area contributed by atoms with Crippen molar-refractivity contribution in [3.05, 3.63) is 70.2 Å².